The van der Waals surface area contributed by atoms with E-state index < -0.39 is 11.9 Å². The van der Waals surface area contributed by atoms with Crippen molar-refractivity contribution < 1.29 is 39.3 Å². The summed E-state index contributed by atoms with van der Waals surface area (Å²) in [7, 11) is 0. The second-order valence-corrected chi connectivity index (χ2v) is 3.70. The first-order valence-electron chi connectivity index (χ1n) is 5.98. The largest absolute Gasteiger partial charge is 0.481 e. The van der Waals surface area contributed by atoms with Gasteiger partial charge in [0, 0.05) is 32.3 Å². The van der Waals surface area contributed by atoms with Gasteiger partial charge in [-0.25, -0.2) is 0 Å². The van der Waals surface area contributed by atoms with E-state index in [0.29, 0.717) is 12.8 Å². The zero-order valence-electron chi connectivity index (χ0n) is 10.7. The van der Waals surface area contributed by atoms with Crippen LogP contribution in [-0.4, -0.2) is 22.2 Å². The Balaban J connectivity index is -0.000000218. The van der Waals surface area contributed by atoms with Crippen LogP contribution in [-0.2, 0) is 29.1 Å². The van der Waals surface area contributed by atoms with Gasteiger partial charge in [0.25, 0.3) is 0 Å². The van der Waals surface area contributed by atoms with Crippen molar-refractivity contribution in [2.24, 2.45) is 0 Å². The minimum absolute atomic E-state index is 0. The van der Waals surface area contributed by atoms with Gasteiger partial charge in [-0.05, 0) is 12.8 Å². The Morgan fingerprint density at radius 2 is 1.06 bits per heavy atom. The summed E-state index contributed by atoms with van der Waals surface area (Å²) >= 11 is 0. The number of carboxylic acids is 2. The summed E-state index contributed by atoms with van der Waals surface area (Å²) in [4.78, 5) is 19.7. The SMILES string of the molecule is CCCCCC(=O)O.CCCCCC(=O)O.[Rh]. The molecule has 0 heterocycles. The maximum atomic E-state index is 9.87. The normalized spacial score (nSPS) is 8.59. The minimum Gasteiger partial charge on any atom is -0.481 e. The molecule has 0 unspecified atom stereocenters. The van der Waals surface area contributed by atoms with Crippen molar-refractivity contribution in [2.75, 3.05) is 0 Å². The van der Waals surface area contributed by atoms with Crippen LogP contribution in [0.3, 0.4) is 0 Å². The number of aliphatic carboxylic acids is 2. The van der Waals surface area contributed by atoms with Gasteiger partial charge in [0.1, 0.15) is 0 Å². The number of carbonyl (C=O) groups is 2. The van der Waals surface area contributed by atoms with Gasteiger partial charge in [-0.15, -0.1) is 0 Å². The monoisotopic (exact) mass is 335 g/mol. The summed E-state index contributed by atoms with van der Waals surface area (Å²) in [6.45, 7) is 4.11. The van der Waals surface area contributed by atoms with Crippen LogP contribution >= 0.6 is 0 Å². The summed E-state index contributed by atoms with van der Waals surface area (Å²) in [5, 5.41) is 16.3. The quantitative estimate of drug-likeness (QED) is 0.527. The van der Waals surface area contributed by atoms with E-state index in [1.807, 2.05) is 0 Å². The third-order valence-electron chi connectivity index (χ3n) is 1.99. The Morgan fingerprint density at radius 1 is 0.765 bits per heavy atom. The van der Waals surface area contributed by atoms with Gasteiger partial charge in [-0.2, -0.15) is 0 Å². The molecule has 0 bridgehead atoms. The van der Waals surface area contributed by atoms with Gasteiger partial charge in [-0.1, -0.05) is 39.5 Å². The number of hydrogen-bond donors (Lipinski definition) is 2. The predicted octanol–water partition coefficient (Wildman–Crippen LogP) is 3.30. The van der Waals surface area contributed by atoms with Gasteiger partial charge in [0.15, 0.2) is 0 Å². The molecule has 0 aromatic carbocycles. The molecule has 0 aromatic rings. The van der Waals surface area contributed by atoms with Crippen LogP contribution in [0.2, 0.25) is 0 Å². The molecule has 0 aliphatic carbocycles. The first kappa shape index (κ1) is 21.8. The van der Waals surface area contributed by atoms with Crippen LogP contribution in [0.15, 0.2) is 0 Å². The fourth-order valence-corrected chi connectivity index (χ4v) is 1.05. The average molecular weight is 335 g/mol. The third-order valence-corrected chi connectivity index (χ3v) is 1.99. The van der Waals surface area contributed by atoms with E-state index >= 15 is 0 Å². The molecule has 17 heavy (non-hydrogen) atoms. The van der Waals surface area contributed by atoms with Gasteiger partial charge < -0.3 is 10.2 Å². The summed E-state index contributed by atoms with van der Waals surface area (Å²) in [5.41, 5.74) is 0. The number of carboxylic acid groups (broad SMARTS) is 2. The zero-order valence-corrected chi connectivity index (χ0v) is 12.3. The predicted molar refractivity (Wildman–Crippen MR) is 63.6 cm³/mol. The fraction of sp³-hybridized carbons (Fsp3) is 0.833. The van der Waals surface area contributed by atoms with Crippen molar-refractivity contribution in [3.05, 3.63) is 0 Å². The number of unbranched alkanes of at least 4 members (excludes halogenated alkanes) is 4. The molecule has 105 valence electrons. The van der Waals surface area contributed by atoms with E-state index in [1.165, 1.54) is 0 Å². The molecule has 0 aliphatic rings. The van der Waals surface area contributed by atoms with Crippen molar-refractivity contribution >= 4 is 11.9 Å². The fourth-order valence-electron chi connectivity index (χ4n) is 1.05. The molecule has 0 aromatic heterocycles. The molecule has 4 nitrogen and oxygen atoms in total. The summed E-state index contributed by atoms with van der Waals surface area (Å²) in [6.07, 6.45) is 6.55. The topological polar surface area (TPSA) is 74.6 Å². The van der Waals surface area contributed by atoms with Gasteiger partial charge in [-0.3, -0.25) is 9.59 Å². The first-order chi connectivity index (χ1) is 7.54. The molecule has 0 atom stereocenters. The Kier molecular flexibility index (Phi) is 23.0. The van der Waals surface area contributed by atoms with Crippen molar-refractivity contribution in [3.63, 3.8) is 0 Å². The van der Waals surface area contributed by atoms with E-state index in [-0.39, 0.29) is 19.5 Å². The molecule has 0 amide bonds. The molecule has 1 radical (unpaired) electrons. The van der Waals surface area contributed by atoms with E-state index in [9.17, 15) is 9.59 Å². The molecule has 0 fully saturated rings. The van der Waals surface area contributed by atoms with E-state index in [0.717, 1.165) is 38.5 Å². The number of rotatable bonds is 8. The van der Waals surface area contributed by atoms with Crippen LogP contribution in [0.1, 0.15) is 65.2 Å². The molecule has 0 spiro atoms. The van der Waals surface area contributed by atoms with Gasteiger partial charge in [0.2, 0.25) is 0 Å². The maximum absolute atomic E-state index is 9.87. The Labute approximate surface area is 117 Å². The first-order valence-corrected chi connectivity index (χ1v) is 5.98. The van der Waals surface area contributed by atoms with Gasteiger partial charge in [0.05, 0.1) is 0 Å². The molecular weight excluding hydrogens is 311 g/mol. The van der Waals surface area contributed by atoms with Crippen LogP contribution in [0.25, 0.3) is 0 Å². The van der Waals surface area contributed by atoms with Crippen LogP contribution in [0.4, 0.5) is 0 Å². The van der Waals surface area contributed by atoms with Crippen LogP contribution in [0.5, 0.6) is 0 Å². The minimum atomic E-state index is -0.682. The Morgan fingerprint density at radius 3 is 1.24 bits per heavy atom. The van der Waals surface area contributed by atoms with Crippen molar-refractivity contribution in [1.29, 1.82) is 0 Å². The standard InChI is InChI=1S/2C6H12O2.Rh/c2*1-2-3-4-5-6(7)8;/h2*2-5H2,1H3,(H,7,8);. The molecule has 0 saturated carbocycles. The second kappa shape index (κ2) is 17.9. The van der Waals surface area contributed by atoms with Crippen LogP contribution < -0.4 is 0 Å². The molecule has 2 N–H and O–H groups in total. The van der Waals surface area contributed by atoms with E-state index in [4.69, 9.17) is 10.2 Å². The molecule has 0 saturated heterocycles. The van der Waals surface area contributed by atoms with Crippen molar-refractivity contribution in [2.45, 2.75) is 65.2 Å². The molecule has 0 aliphatic heterocycles. The summed E-state index contributed by atoms with van der Waals surface area (Å²) in [5.74, 6) is -1.36. The summed E-state index contributed by atoms with van der Waals surface area (Å²) < 4.78 is 0. The van der Waals surface area contributed by atoms with E-state index in [2.05, 4.69) is 13.8 Å². The Bertz CT molecular complexity index is 163. The third kappa shape index (κ3) is 31.3. The Hall–Kier alpha value is -0.437. The second-order valence-electron chi connectivity index (χ2n) is 3.70. The van der Waals surface area contributed by atoms with Crippen LogP contribution in [0, 0.1) is 0 Å². The molecular formula is C12H24O4Rh. The smallest absolute Gasteiger partial charge is 0.303 e. The zero-order chi connectivity index (χ0) is 12.8. The molecule has 5 heteroatoms. The van der Waals surface area contributed by atoms with Gasteiger partial charge >= 0.3 is 11.9 Å². The average Bonchev–Trinajstić information content (AvgIpc) is 2.18. The molecule has 0 rings (SSSR count). The van der Waals surface area contributed by atoms with E-state index in [1.54, 1.807) is 0 Å². The number of hydrogen-bond acceptors (Lipinski definition) is 2. The van der Waals surface area contributed by atoms with Crippen molar-refractivity contribution in [3.8, 4) is 0 Å². The van der Waals surface area contributed by atoms with Crippen molar-refractivity contribution in [1.82, 2.24) is 0 Å². The summed E-state index contributed by atoms with van der Waals surface area (Å²) in [6, 6.07) is 0. The maximum Gasteiger partial charge on any atom is 0.303 e.